The predicted octanol–water partition coefficient (Wildman–Crippen LogP) is 4.05. The number of hydrogen-bond donors (Lipinski definition) is 1. The molecule has 1 N–H and O–H groups in total. The molecule has 1 atom stereocenters. The van der Waals surface area contributed by atoms with E-state index in [-0.39, 0.29) is 12.1 Å². The Labute approximate surface area is 151 Å². The lowest BCUT2D eigenvalue weighted by molar-refractivity contribution is 0.0136. The summed E-state index contributed by atoms with van der Waals surface area (Å²) in [5.41, 5.74) is 3.18. The van der Waals surface area contributed by atoms with E-state index >= 15 is 0 Å². The number of nitrogens with one attached hydrogen (secondary N) is 1. The SMILES string of the molecule is CCOc1cc2c(cc1CNC)CCN(C(=O)OC(C)(C)C)C2CC. The monoisotopic (exact) mass is 348 g/mol. The van der Waals surface area contributed by atoms with Crippen LogP contribution in [0.25, 0.3) is 0 Å². The standard InChI is InChI=1S/C20H32N2O3/c1-7-17-16-12-18(24-8-2)15(13-21-6)11-14(16)9-10-22(17)19(23)25-20(3,4)5/h11-12,17,21H,7-10,13H2,1-6H3. The van der Waals surface area contributed by atoms with Crippen LogP contribution in [0, 0.1) is 0 Å². The maximum Gasteiger partial charge on any atom is 0.410 e. The van der Waals surface area contributed by atoms with Crippen molar-refractivity contribution >= 4 is 6.09 Å². The summed E-state index contributed by atoms with van der Waals surface area (Å²) >= 11 is 0. The topological polar surface area (TPSA) is 50.8 Å². The highest BCUT2D eigenvalue weighted by molar-refractivity contribution is 5.69. The fraction of sp³-hybridized carbons (Fsp3) is 0.650. The molecule has 5 nitrogen and oxygen atoms in total. The van der Waals surface area contributed by atoms with E-state index in [1.807, 2.05) is 39.6 Å². The number of amides is 1. The molecule has 0 saturated heterocycles. The van der Waals surface area contributed by atoms with Gasteiger partial charge >= 0.3 is 6.09 Å². The van der Waals surface area contributed by atoms with Crippen LogP contribution in [0.4, 0.5) is 4.79 Å². The Kier molecular flexibility index (Phi) is 6.33. The Bertz CT molecular complexity index is 608. The van der Waals surface area contributed by atoms with Crippen molar-refractivity contribution in [2.75, 3.05) is 20.2 Å². The van der Waals surface area contributed by atoms with Gasteiger partial charge in [0.1, 0.15) is 11.4 Å². The first-order chi connectivity index (χ1) is 11.8. The lowest BCUT2D eigenvalue weighted by Gasteiger charge is -2.38. The molecule has 0 spiro atoms. The summed E-state index contributed by atoms with van der Waals surface area (Å²) < 4.78 is 11.5. The maximum absolute atomic E-state index is 12.6. The summed E-state index contributed by atoms with van der Waals surface area (Å²) in [5.74, 6) is 0.903. The molecule has 25 heavy (non-hydrogen) atoms. The van der Waals surface area contributed by atoms with Crippen LogP contribution in [0.1, 0.15) is 63.8 Å². The van der Waals surface area contributed by atoms with Crippen LogP contribution in [-0.2, 0) is 17.7 Å². The first kappa shape index (κ1) is 19.6. The van der Waals surface area contributed by atoms with Crippen molar-refractivity contribution in [1.29, 1.82) is 0 Å². The highest BCUT2D eigenvalue weighted by atomic mass is 16.6. The Morgan fingerprint density at radius 2 is 2.04 bits per heavy atom. The Morgan fingerprint density at radius 1 is 1.32 bits per heavy atom. The summed E-state index contributed by atoms with van der Waals surface area (Å²) in [7, 11) is 1.94. The van der Waals surface area contributed by atoms with E-state index < -0.39 is 5.60 Å². The molecule has 1 unspecified atom stereocenters. The Balaban J connectivity index is 2.36. The van der Waals surface area contributed by atoms with E-state index in [2.05, 4.69) is 24.4 Å². The van der Waals surface area contributed by atoms with Crippen molar-refractivity contribution in [1.82, 2.24) is 10.2 Å². The first-order valence-corrected chi connectivity index (χ1v) is 9.23. The molecule has 0 saturated carbocycles. The molecule has 1 aliphatic rings. The molecule has 1 aromatic carbocycles. The van der Waals surface area contributed by atoms with Gasteiger partial charge in [0.25, 0.3) is 0 Å². The predicted molar refractivity (Wildman–Crippen MR) is 100 cm³/mol. The normalized spacial score (nSPS) is 17.2. The molecule has 0 aliphatic carbocycles. The Morgan fingerprint density at radius 3 is 2.60 bits per heavy atom. The molecule has 0 bridgehead atoms. The van der Waals surface area contributed by atoms with Crippen molar-refractivity contribution in [2.45, 2.75) is 65.6 Å². The highest BCUT2D eigenvalue weighted by Gasteiger charge is 2.33. The number of nitrogens with zero attached hydrogens (tertiary/aromatic N) is 1. The number of rotatable bonds is 5. The van der Waals surface area contributed by atoms with E-state index in [1.54, 1.807) is 0 Å². The average molecular weight is 348 g/mol. The van der Waals surface area contributed by atoms with Gasteiger partial charge in [-0.1, -0.05) is 13.0 Å². The molecule has 0 radical (unpaired) electrons. The summed E-state index contributed by atoms with van der Waals surface area (Å²) in [6, 6.07) is 4.38. The molecule has 140 valence electrons. The third-order valence-electron chi connectivity index (χ3n) is 4.36. The van der Waals surface area contributed by atoms with Crippen LogP contribution in [-0.4, -0.2) is 36.8 Å². The molecule has 1 amide bonds. The van der Waals surface area contributed by atoms with Gasteiger partial charge in [0.05, 0.1) is 12.6 Å². The fourth-order valence-electron chi connectivity index (χ4n) is 3.38. The van der Waals surface area contributed by atoms with Crippen LogP contribution in [0.5, 0.6) is 5.75 Å². The van der Waals surface area contributed by atoms with Gasteiger partial charge in [-0.25, -0.2) is 4.79 Å². The molecule has 5 heteroatoms. The minimum Gasteiger partial charge on any atom is -0.494 e. The van der Waals surface area contributed by atoms with Crippen molar-refractivity contribution in [3.05, 3.63) is 28.8 Å². The molecule has 1 aromatic rings. The molecular weight excluding hydrogens is 316 g/mol. The smallest absolute Gasteiger partial charge is 0.410 e. The van der Waals surface area contributed by atoms with Gasteiger partial charge in [-0.2, -0.15) is 0 Å². The van der Waals surface area contributed by atoms with E-state index in [0.29, 0.717) is 13.2 Å². The third-order valence-corrected chi connectivity index (χ3v) is 4.36. The molecule has 2 rings (SSSR count). The molecule has 0 aromatic heterocycles. The van der Waals surface area contributed by atoms with Gasteiger partial charge < -0.3 is 19.7 Å². The summed E-state index contributed by atoms with van der Waals surface area (Å²) in [6.07, 6.45) is 1.46. The van der Waals surface area contributed by atoms with Crippen molar-refractivity contribution in [3.8, 4) is 5.75 Å². The lowest BCUT2D eigenvalue weighted by atomic mass is 9.89. The van der Waals surface area contributed by atoms with Gasteiger partial charge in [-0.15, -0.1) is 0 Å². The average Bonchev–Trinajstić information content (AvgIpc) is 2.53. The van der Waals surface area contributed by atoms with Crippen molar-refractivity contribution in [2.24, 2.45) is 0 Å². The zero-order valence-corrected chi connectivity index (χ0v) is 16.4. The third kappa shape index (κ3) is 4.66. The van der Waals surface area contributed by atoms with Crippen LogP contribution in [0.15, 0.2) is 12.1 Å². The van der Waals surface area contributed by atoms with E-state index in [4.69, 9.17) is 9.47 Å². The minimum atomic E-state index is -0.483. The summed E-state index contributed by atoms with van der Waals surface area (Å²) in [5, 5.41) is 3.20. The zero-order valence-electron chi connectivity index (χ0n) is 16.4. The van der Waals surface area contributed by atoms with Gasteiger partial charge in [0.2, 0.25) is 0 Å². The Hall–Kier alpha value is -1.75. The number of ether oxygens (including phenoxy) is 2. The second kappa shape index (κ2) is 8.09. The number of benzene rings is 1. The minimum absolute atomic E-state index is 0.0291. The quantitative estimate of drug-likeness (QED) is 0.872. The van der Waals surface area contributed by atoms with Gasteiger partial charge in [-0.05, 0) is 64.8 Å². The van der Waals surface area contributed by atoms with E-state index in [1.165, 1.54) is 16.7 Å². The summed E-state index contributed by atoms with van der Waals surface area (Å²) in [6.45, 7) is 11.9. The van der Waals surface area contributed by atoms with Gasteiger partial charge in [-0.3, -0.25) is 0 Å². The van der Waals surface area contributed by atoms with Crippen molar-refractivity contribution < 1.29 is 14.3 Å². The maximum atomic E-state index is 12.6. The molecular formula is C20H32N2O3. The van der Waals surface area contributed by atoms with Crippen LogP contribution in [0.2, 0.25) is 0 Å². The second-order valence-electron chi connectivity index (χ2n) is 7.47. The van der Waals surface area contributed by atoms with Crippen LogP contribution < -0.4 is 10.1 Å². The lowest BCUT2D eigenvalue weighted by Crippen LogP contribution is -2.43. The number of hydrogen-bond acceptors (Lipinski definition) is 4. The highest BCUT2D eigenvalue weighted by Crippen LogP contribution is 2.37. The van der Waals surface area contributed by atoms with E-state index in [9.17, 15) is 4.79 Å². The molecule has 0 fully saturated rings. The number of carbonyl (C=O) groups is 1. The molecule has 1 heterocycles. The summed E-state index contributed by atoms with van der Waals surface area (Å²) in [4.78, 5) is 14.5. The number of carbonyl (C=O) groups excluding carboxylic acids is 1. The van der Waals surface area contributed by atoms with E-state index in [0.717, 1.165) is 25.1 Å². The van der Waals surface area contributed by atoms with Gasteiger partial charge in [0, 0.05) is 18.7 Å². The largest absolute Gasteiger partial charge is 0.494 e. The van der Waals surface area contributed by atoms with Gasteiger partial charge in [0.15, 0.2) is 0 Å². The van der Waals surface area contributed by atoms with Crippen LogP contribution in [0.3, 0.4) is 0 Å². The number of fused-ring (bicyclic) bond motifs is 1. The van der Waals surface area contributed by atoms with Crippen molar-refractivity contribution in [3.63, 3.8) is 0 Å². The molecule has 1 aliphatic heterocycles. The first-order valence-electron chi connectivity index (χ1n) is 9.23. The zero-order chi connectivity index (χ0) is 18.6. The van der Waals surface area contributed by atoms with Crippen LogP contribution >= 0.6 is 0 Å². The fourth-order valence-corrected chi connectivity index (χ4v) is 3.38. The second-order valence-corrected chi connectivity index (χ2v) is 7.47.